The van der Waals surface area contributed by atoms with Gasteiger partial charge in [0, 0.05) is 13.2 Å². The highest BCUT2D eigenvalue weighted by atomic mass is 16.6. The third-order valence-corrected chi connectivity index (χ3v) is 2.75. The van der Waals surface area contributed by atoms with E-state index >= 15 is 0 Å². The number of ether oxygens (including phenoxy) is 2. The fourth-order valence-electron chi connectivity index (χ4n) is 1.98. The molecule has 1 aliphatic rings. The van der Waals surface area contributed by atoms with Gasteiger partial charge in [0.2, 0.25) is 0 Å². The van der Waals surface area contributed by atoms with Gasteiger partial charge in [-0.25, -0.2) is 4.79 Å². The molecule has 1 heterocycles. The number of methoxy groups -OCH3 is 1. The van der Waals surface area contributed by atoms with E-state index < -0.39 is 17.7 Å². The Morgan fingerprint density at radius 3 is 2.44 bits per heavy atom. The van der Waals surface area contributed by atoms with E-state index in [1.807, 2.05) is 0 Å². The Morgan fingerprint density at radius 1 is 1.39 bits per heavy atom. The summed E-state index contributed by atoms with van der Waals surface area (Å²) in [7, 11) is 1.56. The lowest BCUT2D eigenvalue weighted by Crippen LogP contribution is -2.41. The predicted octanol–water partition coefficient (Wildman–Crippen LogP) is 1.49. The van der Waals surface area contributed by atoms with Crippen molar-refractivity contribution < 1.29 is 24.2 Å². The minimum absolute atomic E-state index is 0.0842. The van der Waals surface area contributed by atoms with Crippen molar-refractivity contribution in [2.45, 2.75) is 51.4 Å². The molecule has 1 N–H and O–H groups in total. The zero-order valence-corrected chi connectivity index (χ0v) is 11.3. The highest BCUT2D eigenvalue weighted by Crippen LogP contribution is 2.24. The normalized spacial score (nSPS) is 24.1. The van der Waals surface area contributed by atoms with Crippen molar-refractivity contribution in [3.8, 4) is 0 Å². The number of amides is 1. The van der Waals surface area contributed by atoms with Gasteiger partial charge in [0.15, 0.2) is 0 Å². The van der Waals surface area contributed by atoms with Crippen LogP contribution >= 0.6 is 0 Å². The molecular formula is C12H21NO5. The summed E-state index contributed by atoms with van der Waals surface area (Å²) in [6, 6.07) is -0.359. The van der Waals surface area contributed by atoms with E-state index in [1.54, 1.807) is 27.9 Å². The van der Waals surface area contributed by atoms with Crippen molar-refractivity contribution in [3.05, 3.63) is 0 Å². The topological polar surface area (TPSA) is 76.1 Å². The molecule has 0 spiro atoms. The summed E-state index contributed by atoms with van der Waals surface area (Å²) in [6.45, 7) is 5.71. The molecule has 0 aromatic rings. The summed E-state index contributed by atoms with van der Waals surface area (Å²) in [5, 5.41) is 8.85. The Balaban J connectivity index is 2.70. The number of carboxylic acids is 1. The molecule has 0 radical (unpaired) electrons. The molecule has 1 amide bonds. The van der Waals surface area contributed by atoms with Crippen LogP contribution in [0, 0.1) is 0 Å². The van der Waals surface area contributed by atoms with Gasteiger partial charge in [-0.15, -0.1) is 0 Å². The first-order valence-corrected chi connectivity index (χ1v) is 5.97. The molecule has 1 saturated heterocycles. The number of hydrogen-bond acceptors (Lipinski definition) is 4. The molecule has 6 heteroatoms. The standard InChI is InChI=1S/C12H21NO5/c1-12(2,3)18-11(16)13-7-9(17-4)5-8(13)6-10(14)15/h8-9H,5-7H2,1-4H3,(H,14,15). The quantitative estimate of drug-likeness (QED) is 0.831. The molecule has 2 unspecified atom stereocenters. The van der Waals surface area contributed by atoms with Crippen LogP contribution in [0.1, 0.15) is 33.6 Å². The SMILES string of the molecule is COC1CC(CC(=O)O)N(C(=O)OC(C)(C)C)C1. The van der Waals surface area contributed by atoms with E-state index in [1.165, 1.54) is 4.90 Å². The largest absolute Gasteiger partial charge is 0.481 e. The highest BCUT2D eigenvalue weighted by Gasteiger charge is 2.38. The van der Waals surface area contributed by atoms with E-state index in [2.05, 4.69) is 0 Å². The molecule has 2 atom stereocenters. The van der Waals surface area contributed by atoms with E-state index in [-0.39, 0.29) is 18.6 Å². The molecular weight excluding hydrogens is 238 g/mol. The maximum absolute atomic E-state index is 12.0. The van der Waals surface area contributed by atoms with Gasteiger partial charge in [-0.05, 0) is 27.2 Å². The summed E-state index contributed by atoms with van der Waals surface area (Å²) >= 11 is 0. The van der Waals surface area contributed by atoms with Gasteiger partial charge in [0.05, 0.1) is 19.1 Å². The van der Waals surface area contributed by atoms with Crippen LogP contribution in [-0.2, 0) is 14.3 Å². The lowest BCUT2D eigenvalue weighted by Gasteiger charge is -2.27. The zero-order chi connectivity index (χ0) is 13.9. The van der Waals surface area contributed by atoms with Crippen molar-refractivity contribution in [2.75, 3.05) is 13.7 Å². The summed E-state index contributed by atoms with van der Waals surface area (Å²) < 4.78 is 10.5. The first-order chi connectivity index (χ1) is 8.23. The molecule has 0 aliphatic carbocycles. The van der Waals surface area contributed by atoms with Crippen LogP contribution in [0.15, 0.2) is 0 Å². The van der Waals surface area contributed by atoms with E-state index in [0.717, 1.165) is 0 Å². The molecule has 104 valence electrons. The van der Waals surface area contributed by atoms with Crippen molar-refractivity contribution in [1.29, 1.82) is 0 Å². The van der Waals surface area contributed by atoms with Crippen LogP contribution in [0.5, 0.6) is 0 Å². The Labute approximate surface area is 107 Å². The Bertz CT molecular complexity index is 323. The van der Waals surface area contributed by atoms with Crippen molar-refractivity contribution in [3.63, 3.8) is 0 Å². The van der Waals surface area contributed by atoms with Crippen LogP contribution in [0.3, 0.4) is 0 Å². The Hall–Kier alpha value is -1.30. The van der Waals surface area contributed by atoms with E-state index in [9.17, 15) is 9.59 Å². The first kappa shape index (κ1) is 14.8. The number of nitrogens with zero attached hydrogens (tertiary/aromatic N) is 1. The van der Waals surface area contributed by atoms with Crippen LogP contribution < -0.4 is 0 Å². The van der Waals surface area contributed by atoms with Gasteiger partial charge in [0.25, 0.3) is 0 Å². The maximum atomic E-state index is 12.0. The number of likely N-dealkylation sites (tertiary alicyclic amines) is 1. The predicted molar refractivity (Wildman–Crippen MR) is 64.4 cm³/mol. The average Bonchev–Trinajstić information content (AvgIpc) is 2.57. The van der Waals surface area contributed by atoms with Crippen LogP contribution in [0.25, 0.3) is 0 Å². The van der Waals surface area contributed by atoms with Gasteiger partial charge in [-0.3, -0.25) is 4.79 Å². The summed E-state index contributed by atoms with van der Waals surface area (Å²) in [4.78, 5) is 24.2. The molecule has 0 saturated carbocycles. The Kier molecular flexibility index (Phi) is 4.56. The van der Waals surface area contributed by atoms with Crippen LogP contribution in [0.4, 0.5) is 4.79 Å². The van der Waals surface area contributed by atoms with Gasteiger partial charge < -0.3 is 19.5 Å². The highest BCUT2D eigenvalue weighted by molar-refractivity contribution is 5.72. The zero-order valence-electron chi connectivity index (χ0n) is 11.3. The number of aliphatic carboxylic acids is 1. The number of carbonyl (C=O) groups is 2. The van der Waals surface area contributed by atoms with E-state index in [0.29, 0.717) is 13.0 Å². The lowest BCUT2D eigenvalue weighted by atomic mass is 10.1. The molecule has 1 aliphatic heterocycles. The van der Waals surface area contributed by atoms with Crippen LogP contribution in [-0.4, -0.2) is 53.5 Å². The Morgan fingerprint density at radius 2 is 2.00 bits per heavy atom. The summed E-state index contributed by atoms with van der Waals surface area (Å²) in [6.07, 6.45) is -0.156. The van der Waals surface area contributed by atoms with Gasteiger partial charge in [0.1, 0.15) is 5.60 Å². The molecule has 1 rings (SSSR count). The number of carbonyl (C=O) groups excluding carboxylic acids is 1. The smallest absolute Gasteiger partial charge is 0.410 e. The monoisotopic (exact) mass is 259 g/mol. The van der Waals surface area contributed by atoms with E-state index in [4.69, 9.17) is 14.6 Å². The minimum atomic E-state index is -0.926. The maximum Gasteiger partial charge on any atom is 0.410 e. The molecule has 1 fully saturated rings. The molecule has 0 aromatic carbocycles. The lowest BCUT2D eigenvalue weighted by molar-refractivity contribution is -0.138. The molecule has 0 bridgehead atoms. The number of carboxylic acid groups (broad SMARTS) is 1. The molecule has 0 aromatic heterocycles. The third kappa shape index (κ3) is 4.18. The summed E-state index contributed by atoms with van der Waals surface area (Å²) in [5.74, 6) is -0.926. The van der Waals surface area contributed by atoms with Gasteiger partial charge in [-0.1, -0.05) is 0 Å². The summed E-state index contributed by atoms with van der Waals surface area (Å²) in [5.41, 5.74) is -0.587. The fraction of sp³-hybridized carbons (Fsp3) is 0.833. The molecule has 18 heavy (non-hydrogen) atoms. The fourth-order valence-corrected chi connectivity index (χ4v) is 1.98. The second-order valence-electron chi connectivity index (χ2n) is 5.48. The van der Waals surface area contributed by atoms with Crippen LogP contribution in [0.2, 0.25) is 0 Å². The van der Waals surface area contributed by atoms with Crippen molar-refractivity contribution >= 4 is 12.1 Å². The number of rotatable bonds is 3. The second-order valence-corrected chi connectivity index (χ2v) is 5.48. The second kappa shape index (κ2) is 5.56. The first-order valence-electron chi connectivity index (χ1n) is 5.97. The van der Waals surface area contributed by atoms with Gasteiger partial charge in [-0.2, -0.15) is 0 Å². The minimum Gasteiger partial charge on any atom is -0.481 e. The van der Waals surface area contributed by atoms with Crippen molar-refractivity contribution in [2.24, 2.45) is 0 Å². The third-order valence-electron chi connectivity index (χ3n) is 2.75. The average molecular weight is 259 g/mol. The van der Waals surface area contributed by atoms with Crippen molar-refractivity contribution in [1.82, 2.24) is 4.90 Å². The van der Waals surface area contributed by atoms with Gasteiger partial charge >= 0.3 is 12.1 Å². The number of hydrogen-bond donors (Lipinski definition) is 1. The molecule has 6 nitrogen and oxygen atoms in total.